The molecule has 0 radical (unpaired) electrons. The van der Waals surface area contributed by atoms with Crippen LogP contribution in [0.1, 0.15) is 12.8 Å². The normalized spacial score (nSPS) is 8.67. The molecule has 2 aromatic rings. The molecular weight excluding hydrogens is 330 g/mol. The second-order valence-corrected chi connectivity index (χ2v) is 4.49. The van der Waals surface area contributed by atoms with Crippen molar-refractivity contribution >= 4 is 23.3 Å². The molecule has 0 fully saturated rings. The van der Waals surface area contributed by atoms with Gasteiger partial charge in [0, 0.05) is 23.3 Å². The van der Waals surface area contributed by atoms with Gasteiger partial charge in [-0.15, -0.1) is 0 Å². The van der Waals surface area contributed by atoms with E-state index in [0.717, 1.165) is 22.5 Å². The first-order valence-corrected chi connectivity index (χ1v) is 6.49. The van der Waals surface area contributed by atoms with E-state index in [1.807, 2.05) is 48.5 Å². The monoisotopic (exact) mass is 346 g/mol. The fourth-order valence-corrected chi connectivity index (χ4v) is 1.56. The summed E-state index contributed by atoms with van der Waals surface area (Å²) < 4.78 is 0. The summed E-state index contributed by atoms with van der Waals surface area (Å²) in [5.41, 5.74) is 15.1. The average molecular weight is 346 g/mol. The van der Waals surface area contributed by atoms with Gasteiger partial charge in [0.25, 0.3) is 0 Å². The zero-order valence-electron chi connectivity index (χ0n) is 13.8. The van der Waals surface area contributed by atoms with E-state index in [2.05, 4.69) is 0 Å². The van der Waals surface area contributed by atoms with E-state index < -0.39 is 24.8 Å². The van der Waals surface area contributed by atoms with Crippen LogP contribution in [0.2, 0.25) is 0 Å². The van der Waals surface area contributed by atoms with Gasteiger partial charge in [0.05, 0.1) is 0 Å². The second kappa shape index (κ2) is 13.3. The minimum Gasteiger partial charge on any atom is -0.550 e. The van der Waals surface area contributed by atoms with Crippen LogP contribution in [0.4, 0.5) is 11.4 Å². The standard InChI is InChI=1S/C12H12N2.C4H6O4.2Na/c13-11-5-1-9(2-6-11)10-3-7-12(14)8-4-10;5-3(6)1-2-4(7)8;;/h1-8H,13-14H2;1-2H2,(H,5,6)(H,7,8);;/q;;2*+1/p-2. The number of carbonyl (C=O) groups excluding carboxylic acids is 2. The van der Waals surface area contributed by atoms with Crippen LogP contribution < -0.4 is 80.8 Å². The SMILES string of the molecule is Nc1ccc(-c2ccc(N)cc2)cc1.O=C([O-])CCC(=O)[O-].[Na+].[Na+]. The van der Waals surface area contributed by atoms with E-state index in [-0.39, 0.29) is 59.1 Å². The van der Waals surface area contributed by atoms with E-state index in [9.17, 15) is 19.8 Å². The van der Waals surface area contributed by atoms with E-state index >= 15 is 0 Å². The number of carboxylic acids is 2. The molecule has 0 unspecified atom stereocenters. The number of hydrogen-bond donors (Lipinski definition) is 2. The van der Waals surface area contributed by atoms with E-state index in [1.165, 1.54) is 0 Å². The van der Waals surface area contributed by atoms with Crippen molar-refractivity contribution in [3.63, 3.8) is 0 Å². The summed E-state index contributed by atoms with van der Waals surface area (Å²) in [6.07, 6.45) is -0.940. The summed E-state index contributed by atoms with van der Waals surface area (Å²) in [7, 11) is 0. The van der Waals surface area contributed by atoms with Gasteiger partial charge in [0.2, 0.25) is 0 Å². The van der Waals surface area contributed by atoms with Crippen LogP contribution in [0.3, 0.4) is 0 Å². The predicted octanol–water partition coefficient (Wildman–Crippen LogP) is -6.21. The van der Waals surface area contributed by atoms with E-state index in [1.54, 1.807) is 0 Å². The maximum atomic E-state index is 9.50. The number of carboxylic acid groups (broad SMARTS) is 2. The Balaban J connectivity index is 0. The van der Waals surface area contributed by atoms with Gasteiger partial charge in [-0.1, -0.05) is 24.3 Å². The molecule has 0 heterocycles. The van der Waals surface area contributed by atoms with Crippen molar-refractivity contribution in [2.45, 2.75) is 12.8 Å². The first kappa shape index (κ1) is 25.2. The Labute approximate surface area is 184 Å². The Hall–Kier alpha value is -1.02. The summed E-state index contributed by atoms with van der Waals surface area (Å²) in [4.78, 5) is 19.0. The third-order valence-electron chi connectivity index (χ3n) is 2.69. The van der Waals surface area contributed by atoms with Crippen LogP contribution in [-0.2, 0) is 9.59 Å². The van der Waals surface area contributed by atoms with Crippen molar-refractivity contribution in [2.75, 3.05) is 11.5 Å². The fraction of sp³-hybridized carbons (Fsp3) is 0.125. The van der Waals surface area contributed by atoms with Crippen LogP contribution in [0.15, 0.2) is 48.5 Å². The minimum absolute atomic E-state index is 0. The number of rotatable bonds is 4. The summed E-state index contributed by atoms with van der Waals surface area (Å²) >= 11 is 0. The Morgan fingerprint density at radius 3 is 1.12 bits per heavy atom. The van der Waals surface area contributed by atoms with Crippen molar-refractivity contribution in [3.8, 4) is 11.1 Å². The van der Waals surface area contributed by atoms with Crippen LogP contribution in [0, 0.1) is 0 Å². The van der Waals surface area contributed by atoms with E-state index in [0.29, 0.717) is 0 Å². The first-order valence-electron chi connectivity index (χ1n) is 6.49. The fourth-order valence-electron chi connectivity index (χ4n) is 1.56. The zero-order chi connectivity index (χ0) is 16.5. The van der Waals surface area contributed by atoms with Crippen molar-refractivity contribution in [3.05, 3.63) is 48.5 Å². The van der Waals surface area contributed by atoms with Crippen LogP contribution in [-0.4, -0.2) is 11.9 Å². The van der Waals surface area contributed by atoms with Gasteiger partial charge >= 0.3 is 59.1 Å². The summed E-state index contributed by atoms with van der Waals surface area (Å²) in [6, 6.07) is 15.6. The molecule has 0 saturated carbocycles. The van der Waals surface area contributed by atoms with Crippen molar-refractivity contribution in [1.29, 1.82) is 0 Å². The summed E-state index contributed by atoms with van der Waals surface area (Å²) in [5, 5.41) is 19.0. The Morgan fingerprint density at radius 2 is 0.917 bits per heavy atom. The van der Waals surface area contributed by atoms with Gasteiger partial charge in [-0.25, -0.2) is 0 Å². The number of aliphatic carboxylic acids is 2. The van der Waals surface area contributed by atoms with E-state index in [4.69, 9.17) is 11.5 Å². The molecule has 0 atom stereocenters. The number of benzene rings is 2. The van der Waals surface area contributed by atoms with Crippen LogP contribution >= 0.6 is 0 Å². The molecule has 0 saturated heterocycles. The largest absolute Gasteiger partial charge is 1.00 e. The maximum Gasteiger partial charge on any atom is 1.00 e. The molecule has 2 rings (SSSR count). The van der Waals surface area contributed by atoms with Crippen LogP contribution in [0.25, 0.3) is 11.1 Å². The Morgan fingerprint density at radius 1 is 0.667 bits per heavy atom. The molecule has 0 spiro atoms. The number of hydrogen-bond acceptors (Lipinski definition) is 6. The number of nitrogens with two attached hydrogens (primary N) is 2. The summed E-state index contributed by atoms with van der Waals surface area (Å²) in [5.74, 6) is -2.73. The molecule has 116 valence electrons. The van der Waals surface area contributed by atoms with Crippen molar-refractivity contribution in [1.82, 2.24) is 0 Å². The molecule has 2 aromatic carbocycles. The quantitative estimate of drug-likeness (QED) is 0.418. The average Bonchev–Trinajstić information content (AvgIpc) is 2.48. The molecule has 6 nitrogen and oxygen atoms in total. The molecular formula is C16H16N2Na2O4. The van der Waals surface area contributed by atoms with Crippen LogP contribution in [0.5, 0.6) is 0 Å². The molecule has 0 aromatic heterocycles. The third-order valence-corrected chi connectivity index (χ3v) is 2.69. The van der Waals surface area contributed by atoms with Gasteiger partial charge in [0.1, 0.15) is 0 Å². The maximum absolute atomic E-state index is 9.50. The third kappa shape index (κ3) is 10.7. The predicted molar refractivity (Wildman–Crippen MR) is 80.0 cm³/mol. The van der Waals surface area contributed by atoms with Gasteiger partial charge in [-0.05, 0) is 48.2 Å². The second-order valence-electron chi connectivity index (χ2n) is 4.49. The minimum atomic E-state index is -1.37. The van der Waals surface area contributed by atoms with Gasteiger partial charge in [0.15, 0.2) is 0 Å². The summed E-state index contributed by atoms with van der Waals surface area (Å²) in [6.45, 7) is 0. The van der Waals surface area contributed by atoms with Crippen molar-refractivity contribution < 1.29 is 78.9 Å². The Bertz CT molecular complexity index is 574. The smallest absolute Gasteiger partial charge is 0.550 e. The number of carbonyl (C=O) groups is 2. The van der Waals surface area contributed by atoms with Gasteiger partial charge in [-0.3, -0.25) is 0 Å². The molecule has 8 heteroatoms. The molecule has 0 amide bonds. The van der Waals surface area contributed by atoms with Gasteiger partial charge < -0.3 is 31.3 Å². The molecule has 0 bridgehead atoms. The zero-order valence-corrected chi connectivity index (χ0v) is 17.8. The molecule has 4 N–H and O–H groups in total. The number of anilines is 2. The molecule has 0 aliphatic heterocycles. The molecule has 24 heavy (non-hydrogen) atoms. The molecule has 0 aliphatic carbocycles. The first-order chi connectivity index (χ1) is 10.4. The molecule has 0 aliphatic rings. The van der Waals surface area contributed by atoms with Gasteiger partial charge in [-0.2, -0.15) is 0 Å². The Kier molecular flexibility index (Phi) is 14.0. The van der Waals surface area contributed by atoms with Crippen molar-refractivity contribution in [2.24, 2.45) is 0 Å². The topological polar surface area (TPSA) is 132 Å². The number of nitrogen functional groups attached to an aromatic ring is 2.